The Morgan fingerprint density at radius 1 is 1.23 bits per heavy atom. The third-order valence-corrected chi connectivity index (χ3v) is 4.18. The molecule has 0 saturated carbocycles. The Hall–Kier alpha value is -2.41. The molecule has 3 rings (SSSR count). The number of rotatable bonds is 4. The number of nitrogens with zero attached hydrogens (tertiary/aromatic N) is 5. The van der Waals surface area contributed by atoms with Crippen LogP contribution in [-0.2, 0) is 4.79 Å². The van der Waals surface area contributed by atoms with E-state index in [-0.39, 0.29) is 11.2 Å². The van der Waals surface area contributed by atoms with Gasteiger partial charge in [0.2, 0.25) is 11.1 Å². The molecule has 0 N–H and O–H groups in total. The van der Waals surface area contributed by atoms with E-state index in [2.05, 4.69) is 15.1 Å². The van der Waals surface area contributed by atoms with Gasteiger partial charge in [0.15, 0.2) is 0 Å². The zero-order valence-corrected chi connectivity index (χ0v) is 13.1. The average Bonchev–Trinajstić information content (AvgIpc) is 2.95. The third-order valence-electron chi connectivity index (χ3n) is 3.09. The molecular weight excluding hydrogens is 298 g/mol. The van der Waals surface area contributed by atoms with Gasteiger partial charge in [-0.2, -0.15) is 4.98 Å². The Morgan fingerprint density at radius 2 is 2.00 bits per heavy atom. The molecule has 112 valence electrons. The molecule has 0 aliphatic rings. The monoisotopic (exact) mass is 313 g/mol. The normalized spacial score (nSPS) is 12.3. The number of fused-ring (bicyclic) bond motifs is 1. The van der Waals surface area contributed by atoms with E-state index in [1.165, 1.54) is 11.8 Å². The fourth-order valence-corrected chi connectivity index (χ4v) is 3.08. The maximum atomic E-state index is 12.5. The van der Waals surface area contributed by atoms with Crippen molar-refractivity contribution in [2.75, 3.05) is 14.1 Å². The van der Waals surface area contributed by atoms with Crippen molar-refractivity contribution in [1.82, 2.24) is 24.5 Å². The van der Waals surface area contributed by atoms with Gasteiger partial charge in [-0.1, -0.05) is 42.1 Å². The Balaban J connectivity index is 1.94. The SMILES string of the molecule is CN(C)C(=O)[C@H](Sc1nc2ncccn2n1)c1ccccc1. The van der Waals surface area contributed by atoms with E-state index in [4.69, 9.17) is 0 Å². The van der Waals surface area contributed by atoms with Gasteiger partial charge < -0.3 is 4.90 Å². The first-order chi connectivity index (χ1) is 10.6. The maximum absolute atomic E-state index is 12.5. The van der Waals surface area contributed by atoms with Crippen molar-refractivity contribution in [2.24, 2.45) is 0 Å². The molecule has 0 bridgehead atoms. The van der Waals surface area contributed by atoms with Gasteiger partial charge in [-0.25, -0.2) is 9.50 Å². The first-order valence-corrected chi connectivity index (χ1v) is 7.63. The molecule has 6 nitrogen and oxygen atoms in total. The maximum Gasteiger partial charge on any atom is 0.253 e. The number of likely N-dealkylation sites (N-methyl/N-ethyl adjacent to an activating group) is 1. The molecule has 3 aromatic rings. The molecule has 0 fully saturated rings. The summed E-state index contributed by atoms with van der Waals surface area (Å²) in [7, 11) is 3.50. The van der Waals surface area contributed by atoms with E-state index in [1.54, 1.807) is 42.0 Å². The minimum atomic E-state index is -0.381. The lowest BCUT2D eigenvalue weighted by molar-refractivity contribution is -0.128. The van der Waals surface area contributed by atoms with E-state index in [9.17, 15) is 4.79 Å². The number of thioether (sulfide) groups is 1. The van der Waals surface area contributed by atoms with Crippen LogP contribution in [0.2, 0.25) is 0 Å². The van der Waals surface area contributed by atoms with E-state index >= 15 is 0 Å². The molecule has 0 unspecified atom stereocenters. The van der Waals surface area contributed by atoms with Crippen molar-refractivity contribution in [3.8, 4) is 0 Å². The minimum absolute atomic E-state index is 0.00279. The number of benzene rings is 1. The minimum Gasteiger partial charge on any atom is -0.348 e. The van der Waals surface area contributed by atoms with Crippen LogP contribution < -0.4 is 0 Å². The summed E-state index contributed by atoms with van der Waals surface area (Å²) in [5.41, 5.74) is 0.929. The van der Waals surface area contributed by atoms with Crippen LogP contribution in [0.15, 0.2) is 53.9 Å². The predicted octanol–water partition coefficient (Wildman–Crippen LogP) is 2.05. The van der Waals surface area contributed by atoms with Gasteiger partial charge in [0, 0.05) is 26.5 Å². The summed E-state index contributed by atoms with van der Waals surface area (Å²) in [4.78, 5) is 22.6. The summed E-state index contributed by atoms with van der Waals surface area (Å²) in [6.45, 7) is 0. The summed E-state index contributed by atoms with van der Waals surface area (Å²) in [6, 6.07) is 11.4. The van der Waals surface area contributed by atoms with E-state index in [0.29, 0.717) is 10.9 Å². The van der Waals surface area contributed by atoms with Crippen molar-refractivity contribution in [2.45, 2.75) is 10.4 Å². The van der Waals surface area contributed by atoms with Crippen molar-refractivity contribution in [1.29, 1.82) is 0 Å². The summed E-state index contributed by atoms with van der Waals surface area (Å²) in [5.74, 6) is 0.525. The van der Waals surface area contributed by atoms with Gasteiger partial charge >= 0.3 is 0 Å². The number of aromatic nitrogens is 4. The molecule has 22 heavy (non-hydrogen) atoms. The zero-order chi connectivity index (χ0) is 15.5. The summed E-state index contributed by atoms with van der Waals surface area (Å²) < 4.78 is 1.60. The summed E-state index contributed by atoms with van der Waals surface area (Å²) in [6.07, 6.45) is 3.45. The highest BCUT2D eigenvalue weighted by atomic mass is 32.2. The molecular formula is C15H15N5OS. The van der Waals surface area contributed by atoms with E-state index < -0.39 is 0 Å². The first kappa shape index (κ1) is 14.5. The van der Waals surface area contributed by atoms with Crippen molar-refractivity contribution in [3.63, 3.8) is 0 Å². The van der Waals surface area contributed by atoms with Crippen LogP contribution in [0.5, 0.6) is 0 Å². The molecule has 1 aromatic carbocycles. The van der Waals surface area contributed by atoms with Crippen molar-refractivity contribution in [3.05, 3.63) is 54.4 Å². The number of hydrogen-bond acceptors (Lipinski definition) is 5. The Bertz CT molecular complexity index is 754. The van der Waals surface area contributed by atoms with Gasteiger partial charge in [0.25, 0.3) is 5.78 Å². The number of hydrogen-bond donors (Lipinski definition) is 0. The van der Waals surface area contributed by atoms with E-state index in [0.717, 1.165) is 5.56 Å². The summed E-state index contributed by atoms with van der Waals surface area (Å²) in [5, 5.41) is 4.50. The van der Waals surface area contributed by atoms with E-state index in [1.807, 2.05) is 30.3 Å². The highest BCUT2D eigenvalue weighted by molar-refractivity contribution is 8.00. The zero-order valence-electron chi connectivity index (χ0n) is 12.2. The second-order valence-corrected chi connectivity index (χ2v) is 5.97. The lowest BCUT2D eigenvalue weighted by Crippen LogP contribution is -2.26. The highest BCUT2D eigenvalue weighted by Gasteiger charge is 2.25. The molecule has 0 spiro atoms. The molecule has 2 aromatic heterocycles. The Labute approximate surface area is 132 Å². The lowest BCUT2D eigenvalue weighted by Gasteiger charge is -2.19. The fraction of sp³-hybridized carbons (Fsp3) is 0.200. The highest BCUT2D eigenvalue weighted by Crippen LogP contribution is 2.34. The number of carbonyl (C=O) groups excluding carboxylic acids is 1. The first-order valence-electron chi connectivity index (χ1n) is 6.75. The van der Waals surface area contributed by atoms with Crippen LogP contribution in [0.3, 0.4) is 0 Å². The van der Waals surface area contributed by atoms with Crippen LogP contribution >= 0.6 is 11.8 Å². The molecule has 2 heterocycles. The third kappa shape index (κ3) is 2.94. The molecule has 1 amide bonds. The molecule has 1 atom stereocenters. The predicted molar refractivity (Wildman–Crippen MR) is 84.5 cm³/mol. The van der Waals surface area contributed by atoms with Crippen LogP contribution in [0, 0.1) is 0 Å². The number of amides is 1. The van der Waals surface area contributed by atoms with Crippen molar-refractivity contribution >= 4 is 23.4 Å². The largest absolute Gasteiger partial charge is 0.348 e. The average molecular weight is 313 g/mol. The van der Waals surface area contributed by atoms with Gasteiger partial charge in [0.1, 0.15) is 5.25 Å². The quantitative estimate of drug-likeness (QED) is 0.690. The topological polar surface area (TPSA) is 63.4 Å². The van der Waals surface area contributed by atoms with Crippen LogP contribution in [0.1, 0.15) is 10.8 Å². The molecule has 0 radical (unpaired) electrons. The number of carbonyl (C=O) groups is 1. The van der Waals surface area contributed by atoms with Crippen LogP contribution in [0.25, 0.3) is 5.78 Å². The second-order valence-electron chi connectivity index (χ2n) is 4.90. The van der Waals surface area contributed by atoms with Crippen LogP contribution in [0.4, 0.5) is 0 Å². The van der Waals surface area contributed by atoms with Gasteiger partial charge in [0.05, 0.1) is 0 Å². The molecule has 0 saturated heterocycles. The lowest BCUT2D eigenvalue weighted by atomic mass is 10.1. The summed E-state index contributed by atoms with van der Waals surface area (Å²) >= 11 is 1.33. The molecule has 0 aliphatic heterocycles. The fourth-order valence-electron chi connectivity index (χ4n) is 1.99. The van der Waals surface area contributed by atoms with Gasteiger partial charge in [-0.15, -0.1) is 5.10 Å². The van der Waals surface area contributed by atoms with Crippen LogP contribution in [-0.4, -0.2) is 44.5 Å². The molecule has 0 aliphatic carbocycles. The smallest absolute Gasteiger partial charge is 0.253 e. The van der Waals surface area contributed by atoms with Crippen molar-refractivity contribution < 1.29 is 4.79 Å². The van der Waals surface area contributed by atoms with Gasteiger partial charge in [-0.05, 0) is 11.6 Å². The van der Waals surface area contributed by atoms with Gasteiger partial charge in [-0.3, -0.25) is 4.79 Å². The Kier molecular flexibility index (Phi) is 4.06. The Morgan fingerprint density at radius 3 is 2.68 bits per heavy atom. The second kappa shape index (κ2) is 6.15. The standard InChI is InChI=1S/C15H15N5OS/c1-19(2)13(21)12(11-7-4-3-5-8-11)22-15-17-14-16-9-6-10-20(14)18-15/h3-10,12H,1-2H3/t12-/m1/s1. The molecule has 7 heteroatoms.